The van der Waals surface area contributed by atoms with Crippen LogP contribution in [0.3, 0.4) is 0 Å². The van der Waals surface area contributed by atoms with E-state index in [4.69, 9.17) is 9.47 Å². The van der Waals surface area contributed by atoms with Gasteiger partial charge in [-0.25, -0.2) is 12.8 Å². The van der Waals surface area contributed by atoms with Crippen molar-refractivity contribution in [3.63, 3.8) is 0 Å². The SMILES string of the molecule is COc1ccc(S(=O)(=O)N2CCOCC2)cc1C(=O)Nc1ccc(F)c(-n2nnnc2C)c1. The Bertz CT molecular complexity index is 1290. The lowest BCUT2D eigenvalue weighted by atomic mass is 10.1. The number of tetrazole rings is 1. The molecule has 1 aliphatic heterocycles. The molecular weight excluding hydrogens is 455 g/mol. The number of carbonyl (C=O) groups is 1. The zero-order valence-corrected chi connectivity index (χ0v) is 18.7. The first-order valence-electron chi connectivity index (χ1n) is 9.93. The highest BCUT2D eigenvalue weighted by atomic mass is 32.2. The predicted molar refractivity (Wildman–Crippen MR) is 114 cm³/mol. The summed E-state index contributed by atoms with van der Waals surface area (Å²) in [6.45, 7) is 2.67. The second-order valence-corrected chi connectivity index (χ2v) is 9.07. The van der Waals surface area contributed by atoms with Gasteiger partial charge in [-0.2, -0.15) is 8.99 Å². The van der Waals surface area contributed by atoms with Crippen molar-refractivity contribution in [3.05, 3.63) is 53.6 Å². The van der Waals surface area contributed by atoms with Gasteiger partial charge in [-0.15, -0.1) is 5.10 Å². The number of methoxy groups -OCH3 is 1. The van der Waals surface area contributed by atoms with Crippen LogP contribution in [0.15, 0.2) is 41.3 Å². The molecule has 0 spiro atoms. The summed E-state index contributed by atoms with van der Waals surface area (Å²) in [5, 5.41) is 13.6. The molecule has 1 fully saturated rings. The summed E-state index contributed by atoms with van der Waals surface area (Å²) in [4.78, 5) is 13.0. The fourth-order valence-electron chi connectivity index (χ4n) is 3.37. The van der Waals surface area contributed by atoms with Gasteiger partial charge in [0, 0.05) is 18.8 Å². The van der Waals surface area contributed by atoms with Crippen molar-refractivity contribution in [1.82, 2.24) is 24.5 Å². The molecule has 13 heteroatoms. The molecule has 0 atom stereocenters. The Kier molecular flexibility index (Phi) is 6.35. The highest BCUT2D eigenvalue weighted by Gasteiger charge is 2.28. The third kappa shape index (κ3) is 4.55. The summed E-state index contributed by atoms with van der Waals surface area (Å²) in [7, 11) is -2.45. The highest BCUT2D eigenvalue weighted by Crippen LogP contribution is 2.27. The Hall–Kier alpha value is -3.42. The molecule has 174 valence electrons. The Balaban J connectivity index is 1.65. The first-order valence-corrected chi connectivity index (χ1v) is 11.4. The number of halogens is 1. The number of nitrogens with one attached hydrogen (secondary N) is 1. The molecule has 0 aliphatic carbocycles. The molecule has 11 nitrogen and oxygen atoms in total. The van der Waals surface area contributed by atoms with Gasteiger partial charge < -0.3 is 14.8 Å². The number of sulfonamides is 1. The van der Waals surface area contributed by atoms with E-state index in [1.807, 2.05) is 0 Å². The minimum absolute atomic E-state index is 0.0105. The van der Waals surface area contributed by atoms with Crippen LogP contribution in [0.5, 0.6) is 5.75 Å². The Morgan fingerprint density at radius 2 is 1.94 bits per heavy atom. The Morgan fingerprint density at radius 1 is 1.18 bits per heavy atom. The van der Waals surface area contributed by atoms with E-state index in [1.54, 1.807) is 6.92 Å². The Labute approximate surface area is 189 Å². The number of nitrogens with zero attached hydrogens (tertiary/aromatic N) is 5. The maximum Gasteiger partial charge on any atom is 0.259 e. The van der Waals surface area contributed by atoms with Crippen LogP contribution in [0, 0.1) is 12.7 Å². The second kappa shape index (κ2) is 9.21. The first-order chi connectivity index (χ1) is 15.8. The van der Waals surface area contributed by atoms with Gasteiger partial charge >= 0.3 is 0 Å². The number of anilines is 1. The van der Waals surface area contributed by atoms with Crippen LogP contribution in [0.1, 0.15) is 16.2 Å². The van der Waals surface area contributed by atoms with E-state index in [0.29, 0.717) is 19.0 Å². The number of hydrogen-bond donors (Lipinski definition) is 1. The standard InChI is InChI=1S/C20H21FN6O5S/c1-13-23-24-25-27(13)18-11-14(3-5-17(18)21)22-20(28)16-12-15(4-6-19(16)31-2)33(29,30)26-7-9-32-10-8-26/h3-6,11-12H,7-10H2,1-2H3,(H,22,28). The molecular formula is C20H21FN6O5S. The number of ether oxygens (including phenoxy) is 2. The van der Waals surface area contributed by atoms with E-state index in [2.05, 4.69) is 20.8 Å². The fourth-order valence-corrected chi connectivity index (χ4v) is 4.80. The smallest absolute Gasteiger partial charge is 0.259 e. The van der Waals surface area contributed by atoms with Crippen LogP contribution in [-0.4, -0.2) is 72.3 Å². The van der Waals surface area contributed by atoms with Gasteiger partial charge in [-0.05, 0) is 53.7 Å². The van der Waals surface area contributed by atoms with Crippen molar-refractivity contribution in [2.45, 2.75) is 11.8 Å². The third-order valence-corrected chi connectivity index (χ3v) is 6.98. The van der Waals surface area contributed by atoms with Crippen LogP contribution in [0.2, 0.25) is 0 Å². The van der Waals surface area contributed by atoms with Crippen molar-refractivity contribution < 1.29 is 27.1 Å². The average Bonchev–Trinajstić information content (AvgIpc) is 3.26. The Morgan fingerprint density at radius 3 is 2.61 bits per heavy atom. The summed E-state index contributed by atoms with van der Waals surface area (Å²) in [5.41, 5.74) is 0.317. The molecule has 3 aromatic rings. The lowest BCUT2D eigenvalue weighted by Gasteiger charge is -2.26. The summed E-state index contributed by atoms with van der Waals surface area (Å²) < 4.78 is 53.3. The number of morpholine rings is 1. The second-order valence-electron chi connectivity index (χ2n) is 7.14. The minimum atomic E-state index is -3.82. The van der Waals surface area contributed by atoms with Gasteiger partial charge in [-0.3, -0.25) is 4.79 Å². The van der Waals surface area contributed by atoms with Gasteiger partial charge in [0.15, 0.2) is 5.82 Å². The molecule has 0 unspecified atom stereocenters. The monoisotopic (exact) mass is 476 g/mol. The molecule has 1 saturated heterocycles. The number of amides is 1. The van der Waals surface area contributed by atoms with Crippen LogP contribution in [0.4, 0.5) is 10.1 Å². The first kappa shape index (κ1) is 22.8. The van der Waals surface area contributed by atoms with E-state index in [1.165, 1.54) is 52.5 Å². The maximum atomic E-state index is 14.3. The van der Waals surface area contributed by atoms with Crippen LogP contribution < -0.4 is 10.1 Å². The van der Waals surface area contributed by atoms with Crippen molar-refractivity contribution in [2.75, 3.05) is 38.7 Å². The molecule has 2 heterocycles. The molecule has 0 radical (unpaired) electrons. The molecule has 33 heavy (non-hydrogen) atoms. The van der Waals surface area contributed by atoms with Crippen LogP contribution in [-0.2, 0) is 14.8 Å². The molecule has 0 bridgehead atoms. The molecule has 1 amide bonds. The topological polar surface area (TPSA) is 129 Å². The van der Waals surface area contributed by atoms with Gasteiger partial charge in [0.25, 0.3) is 5.91 Å². The number of hydrogen-bond acceptors (Lipinski definition) is 8. The van der Waals surface area contributed by atoms with Crippen molar-refractivity contribution in [3.8, 4) is 11.4 Å². The largest absolute Gasteiger partial charge is 0.496 e. The number of benzene rings is 2. The quantitative estimate of drug-likeness (QED) is 0.565. The summed E-state index contributed by atoms with van der Waals surface area (Å²) >= 11 is 0. The van der Waals surface area contributed by atoms with Gasteiger partial charge in [0.1, 0.15) is 17.3 Å². The highest BCUT2D eigenvalue weighted by molar-refractivity contribution is 7.89. The van der Waals surface area contributed by atoms with E-state index in [-0.39, 0.29) is 40.7 Å². The third-order valence-electron chi connectivity index (χ3n) is 5.08. The normalized spacial score (nSPS) is 14.8. The van der Waals surface area contributed by atoms with Crippen LogP contribution >= 0.6 is 0 Å². The molecule has 1 N–H and O–H groups in total. The van der Waals surface area contributed by atoms with Crippen molar-refractivity contribution >= 4 is 21.6 Å². The molecule has 0 saturated carbocycles. The van der Waals surface area contributed by atoms with Crippen molar-refractivity contribution in [2.24, 2.45) is 0 Å². The average molecular weight is 476 g/mol. The van der Waals surface area contributed by atoms with E-state index < -0.39 is 21.7 Å². The number of rotatable bonds is 6. The van der Waals surface area contributed by atoms with Gasteiger partial charge in [0.2, 0.25) is 10.0 Å². The number of carbonyl (C=O) groups excluding carboxylic acids is 1. The zero-order chi connectivity index (χ0) is 23.6. The summed E-state index contributed by atoms with van der Waals surface area (Å²) in [5.74, 6) is -0.663. The lowest BCUT2D eigenvalue weighted by Crippen LogP contribution is -2.40. The molecule has 2 aromatic carbocycles. The summed E-state index contributed by atoms with van der Waals surface area (Å²) in [6.07, 6.45) is 0. The van der Waals surface area contributed by atoms with E-state index in [0.717, 1.165) is 0 Å². The zero-order valence-electron chi connectivity index (χ0n) is 17.9. The molecule has 4 rings (SSSR count). The van der Waals surface area contributed by atoms with Gasteiger partial charge in [0.05, 0.1) is 30.8 Å². The van der Waals surface area contributed by atoms with Gasteiger partial charge in [-0.1, -0.05) is 0 Å². The fraction of sp³-hybridized carbons (Fsp3) is 0.300. The maximum absolute atomic E-state index is 14.3. The van der Waals surface area contributed by atoms with E-state index >= 15 is 0 Å². The van der Waals surface area contributed by atoms with E-state index in [9.17, 15) is 17.6 Å². The molecule has 1 aliphatic rings. The minimum Gasteiger partial charge on any atom is -0.496 e. The lowest BCUT2D eigenvalue weighted by molar-refractivity contribution is 0.0730. The van der Waals surface area contributed by atoms with Crippen LogP contribution in [0.25, 0.3) is 5.69 Å². The molecule has 1 aromatic heterocycles. The number of aryl methyl sites for hydroxylation is 1. The summed E-state index contributed by atoms with van der Waals surface area (Å²) in [6, 6.07) is 7.98. The number of aromatic nitrogens is 4. The predicted octanol–water partition coefficient (Wildman–Crippen LogP) is 1.39. The van der Waals surface area contributed by atoms with Crippen molar-refractivity contribution in [1.29, 1.82) is 0 Å².